The standard InChI is InChI=1S/C26H41N3O7S2/c1-5-35-24(33)18(11-8-6-7-9-13-27-25(34)36-26(2,3)4)28-19-17-38-21(20-12-10-14-37-20)15-29(23(19)32)16-22(30)31/h10,12,14,18-19,21,28H,5-9,11,13,15-17H2,1-4H3,(H,27,34)(H,30,31)/t18-,19?,21?/m0/s1. The van der Waals surface area contributed by atoms with Crippen LogP contribution < -0.4 is 10.6 Å². The van der Waals surface area contributed by atoms with Crippen molar-refractivity contribution in [3.05, 3.63) is 22.4 Å². The maximum absolute atomic E-state index is 13.3. The highest BCUT2D eigenvalue weighted by Gasteiger charge is 2.36. The molecule has 2 rings (SSSR count). The van der Waals surface area contributed by atoms with Crippen molar-refractivity contribution in [3.63, 3.8) is 0 Å². The summed E-state index contributed by atoms with van der Waals surface area (Å²) in [5.41, 5.74) is -0.536. The van der Waals surface area contributed by atoms with Gasteiger partial charge in [-0.3, -0.25) is 19.7 Å². The Kier molecular flexibility index (Phi) is 13.4. The fourth-order valence-electron chi connectivity index (χ4n) is 4.01. The molecule has 3 atom stereocenters. The van der Waals surface area contributed by atoms with Crippen molar-refractivity contribution in [2.75, 3.05) is 32.0 Å². The molecule has 3 N–H and O–H groups in total. The lowest BCUT2D eigenvalue weighted by Gasteiger charge is -2.26. The first-order chi connectivity index (χ1) is 18.0. The van der Waals surface area contributed by atoms with Crippen molar-refractivity contribution < 1.29 is 33.8 Å². The molecule has 1 fully saturated rings. The molecule has 1 aliphatic rings. The summed E-state index contributed by atoms with van der Waals surface area (Å²) >= 11 is 3.17. The van der Waals surface area contributed by atoms with Gasteiger partial charge in [0.1, 0.15) is 18.2 Å². The number of carboxylic acid groups (broad SMARTS) is 1. The lowest BCUT2D eigenvalue weighted by molar-refractivity contribution is -0.148. The molecule has 2 heterocycles. The zero-order valence-electron chi connectivity index (χ0n) is 22.7. The number of unbranched alkanes of at least 4 members (excludes halogenated alkanes) is 3. The van der Waals surface area contributed by atoms with Crippen molar-refractivity contribution in [3.8, 4) is 0 Å². The second-order valence-electron chi connectivity index (χ2n) is 10.1. The number of carbonyl (C=O) groups is 4. The summed E-state index contributed by atoms with van der Waals surface area (Å²) in [5.74, 6) is -1.39. The third kappa shape index (κ3) is 11.6. The quantitative estimate of drug-likeness (QED) is 0.225. The van der Waals surface area contributed by atoms with Gasteiger partial charge in [-0.25, -0.2) is 4.79 Å². The van der Waals surface area contributed by atoms with Gasteiger partial charge in [0.15, 0.2) is 0 Å². The Balaban J connectivity index is 1.91. The number of thiophene rings is 1. The molecule has 0 aromatic carbocycles. The summed E-state index contributed by atoms with van der Waals surface area (Å²) in [6.45, 7) is 7.82. The third-order valence-electron chi connectivity index (χ3n) is 5.71. The van der Waals surface area contributed by atoms with Crippen molar-refractivity contribution >= 4 is 47.0 Å². The summed E-state index contributed by atoms with van der Waals surface area (Å²) in [6, 6.07) is 2.56. The molecule has 10 nitrogen and oxygen atoms in total. The van der Waals surface area contributed by atoms with Crippen molar-refractivity contribution in [2.24, 2.45) is 0 Å². The van der Waals surface area contributed by atoms with Crippen molar-refractivity contribution in [1.29, 1.82) is 0 Å². The predicted octanol–water partition coefficient (Wildman–Crippen LogP) is 3.81. The number of alkyl carbamates (subject to hydrolysis) is 1. The van der Waals surface area contributed by atoms with Gasteiger partial charge >= 0.3 is 18.0 Å². The number of ether oxygens (including phenoxy) is 2. The first-order valence-corrected chi connectivity index (χ1v) is 15.0. The zero-order chi connectivity index (χ0) is 28.1. The minimum absolute atomic E-state index is 0.0274. The number of hydrogen-bond donors (Lipinski definition) is 3. The van der Waals surface area contributed by atoms with Gasteiger partial charge in [-0.15, -0.1) is 23.1 Å². The van der Waals surface area contributed by atoms with Crippen LogP contribution in [-0.4, -0.2) is 83.6 Å². The van der Waals surface area contributed by atoms with E-state index in [1.807, 2.05) is 38.3 Å². The summed E-state index contributed by atoms with van der Waals surface area (Å²) < 4.78 is 10.5. The fraction of sp³-hybridized carbons (Fsp3) is 0.692. The van der Waals surface area contributed by atoms with E-state index in [1.165, 1.54) is 4.90 Å². The molecule has 1 aromatic heterocycles. The Bertz CT molecular complexity index is 905. The van der Waals surface area contributed by atoms with Crippen molar-refractivity contribution in [1.82, 2.24) is 15.5 Å². The molecule has 0 aliphatic carbocycles. The highest BCUT2D eigenvalue weighted by Crippen LogP contribution is 2.35. The number of carboxylic acids is 1. The SMILES string of the molecule is CCOC(=O)[C@H](CCCCCCNC(=O)OC(C)(C)C)NC1CSC(c2cccs2)CN(CC(=O)O)C1=O. The lowest BCUT2D eigenvalue weighted by atomic mass is 10.1. The third-order valence-corrected chi connectivity index (χ3v) is 8.17. The van der Waals surface area contributed by atoms with Crippen LogP contribution in [0.4, 0.5) is 4.79 Å². The van der Waals surface area contributed by atoms with E-state index in [0.29, 0.717) is 25.3 Å². The van der Waals surface area contributed by atoms with Crippen LogP contribution in [0.15, 0.2) is 17.5 Å². The number of aliphatic carboxylic acids is 1. The van der Waals surface area contributed by atoms with E-state index in [9.17, 15) is 24.3 Å². The molecule has 1 aromatic rings. The Morgan fingerprint density at radius 2 is 1.95 bits per heavy atom. The molecule has 1 aliphatic heterocycles. The summed E-state index contributed by atoms with van der Waals surface area (Å²) in [6.07, 6.45) is 3.26. The van der Waals surface area contributed by atoms with Crippen LogP contribution in [0.2, 0.25) is 0 Å². The number of thioether (sulfide) groups is 1. The van der Waals surface area contributed by atoms with E-state index < -0.39 is 35.7 Å². The van der Waals surface area contributed by atoms with E-state index in [-0.39, 0.29) is 24.3 Å². The number of esters is 1. The van der Waals surface area contributed by atoms with E-state index >= 15 is 0 Å². The largest absolute Gasteiger partial charge is 0.480 e. The maximum atomic E-state index is 13.3. The van der Waals surface area contributed by atoms with Gasteiger partial charge < -0.3 is 24.8 Å². The molecule has 12 heteroatoms. The minimum atomic E-state index is -1.07. The molecule has 0 bridgehead atoms. The molecule has 1 saturated heterocycles. The van der Waals surface area contributed by atoms with Gasteiger partial charge in [0.25, 0.3) is 0 Å². The van der Waals surface area contributed by atoms with E-state index in [1.54, 1.807) is 30.0 Å². The summed E-state index contributed by atoms with van der Waals surface area (Å²) in [4.78, 5) is 51.6. The monoisotopic (exact) mass is 571 g/mol. The minimum Gasteiger partial charge on any atom is -0.480 e. The van der Waals surface area contributed by atoms with Gasteiger partial charge in [-0.1, -0.05) is 25.3 Å². The number of nitrogens with zero attached hydrogens (tertiary/aromatic N) is 1. The normalized spacial score (nSPS) is 18.9. The van der Waals surface area contributed by atoms with Gasteiger partial charge in [-0.2, -0.15) is 0 Å². The van der Waals surface area contributed by atoms with Gasteiger partial charge in [-0.05, 0) is 52.0 Å². The number of nitrogens with one attached hydrogen (secondary N) is 2. The van der Waals surface area contributed by atoms with Gasteiger partial charge in [0.2, 0.25) is 5.91 Å². The van der Waals surface area contributed by atoms with Crippen LogP contribution in [0, 0.1) is 0 Å². The van der Waals surface area contributed by atoms with Crippen LogP contribution in [-0.2, 0) is 23.9 Å². The smallest absolute Gasteiger partial charge is 0.407 e. The van der Waals surface area contributed by atoms with Crippen molar-refractivity contribution in [2.45, 2.75) is 82.7 Å². The van der Waals surface area contributed by atoms with Crippen LogP contribution in [0.25, 0.3) is 0 Å². The molecular weight excluding hydrogens is 530 g/mol. The molecule has 38 heavy (non-hydrogen) atoms. The molecule has 0 saturated carbocycles. The average molecular weight is 572 g/mol. The lowest BCUT2D eigenvalue weighted by Crippen LogP contribution is -2.53. The number of carbonyl (C=O) groups excluding carboxylic acids is 3. The van der Waals surface area contributed by atoms with E-state index in [0.717, 1.165) is 30.6 Å². The number of amides is 2. The summed E-state index contributed by atoms with van der Waals surface area (Å²) in [7, 11) is 0. The van der Waals surface area contributed by atoms with Gasteiger partial charge in [0.05, 0.1) is 17.9 Å². The second-order valence-corrected chi connectivity index (χ2v) is 12.3. The van der Waals surface area contributed by atoms with Crippen LogP contribution in [0.1, 0.15) is 69.9 Å². The van der Waals surface area contributed by atoms with Gasteiger partial charge in [0, 0.05) is 23.7 Å². The number of rotatable bonds is 14. The zero-order valence-corrected chi connectivity index (χ0v) is 24.3. The molecule has 0 radical (unpaired) electrons. The highest BCUT2D eigenvalue weighted by molar-refractivity contribution is 7.99. The second kappa shape index (κ2) is 15.9. The molecule has 2 unspecified atom stereocenters. The van der Waals surface area contributed by atoms with E-state index in [4.69, 9.17) is 9.47 Å². The topological polar surface area (TPSA) is 134 Å². The molecule has 2 amide bonds. The Labute approximate surface area is 233 Å². The molecular formula is C26H41N3O7S2. The van der Waals surface area contributed by atoms with Crippen LogP contribution in [0.5, 0.6) is 0 Å². The van der Waals surface area contributed by atoms with E-state index in [2.05, 4.69) is 10.6 Å². The Morgan fingerprint density at radius 3 is 2.58 bits per heavy atom. The van der Waals surface area contributed by atoms with Crippen LogP contribution in [0.3, 0.4) is 0 Å². The fourth-order valence-corrected chi connectivity index (χ4v) is 6.27. The summed E-state index contributed by atoms with van der Waals surface area (Å²) in [5, 5.41) is 17.2. The predicted molar refractivity (Wildman–Crippen MR) is 148 cm³/mol. The number of hydrogen-bond acceptors (Lipinski definition) is 9. The molecule has 0 spiro atoms. The first kappa shape index (κ1) is 31.9. The Hall–Kier alpha value is -2.31. The highest BCUT2D eigenvalue weighted by atomic mass is 32.2. The first-order valence-electron chi connectivity index (χ1n) is 13.0. The Morgan fingerprint density at radius 1 is 1.21 bits per heavy atom. The van der Waals surface area contributed by atoms with Crippen LogP contribution >= 0.6 is 23.1 Å². The molecule has 214 valence electrons. The maximum Gasteiger partial charge on any atom is 0.407 e. The average Bonchev–Trinajstić information content (AvgIpc) is 3.31.